The molecule has 0 radical (unpaired) electrons. The van der Waals surface area contributed by atoms with Gasteiger partial charge in [-0.05, 0) is 35.7 Å². The fourth-order valence-corrected chi connectivity index (χ4v) is 2.72. The van der Waals surface area contributed by atoms with Gasteiger partial charge < -0.3 is 9.32 Å². The van der Waals surface area contributed by atoms with Crippen molar-refractivity contribution < 1.29 is 18.4 Å². The van der Waals surface area contributed by atoms with Gasteiger partial charge >= 0.3 is 0 Å². The van der Waals surface area contributed by atoms with E-state index in [9.17, 15) is 14.0 Å². The summed E-state index contributed by atoms with van der Waals surface area (Å²) in [6, 6.07) is 4.84. The third kappa shape index (κ3) is 6.02. The van der Waals surface area contributed by atoms with Crippen LogP contribution in [0.5, 0.6) is 0 Å². The minimum Gasteiger partial charge on any atom is -0.421 e. The van der Waals surface area contributed by atoms with E-state index in [1.165, 1.54) is 6.07 Å². The zero-order valence-electron chi connectivity index (χ0n) is 14.9. The first-order chi connectivity index (χ1) is 13.3. The molecule has 10 heteroatoms. The van der Waals surface area contributed by atoms with Crippen molar-refractivity contribution in [2.24, 2.45) is 0 Å². The number of aromatic nitrogens is 2. The Hall–Kier alpha value is -1.96. The molecule has 6 nitrogen and oxygen atoms in total. The summed E-state index contributed by atoms with van der Waals surface area (Å²) in [6.07, 6.45) is 2.46. The van der Waals surface area contributed by atoms with E-state index in [-0.39, 0.29) is 23.5 Å². The van der Waals surface area contributed by atoms with Crippen LogP contribution in [0.4, 0.5) is 4.39 Å². The van der Waals surface area contributed by atoms with E-state index in [0.29, 0.717) is 42.4 Å². The molecular weight excluding hydrogens is 432 g/mol. The minimum absolute atomic E-state index is 0.0319. The number of halogens is 4. The number of rotatable bonds is 4. The minimum atomic E-state index is -0.508. The van der Waals surface area contributed by atoms with Crippen molar-refractivity contribution in [2.75, 3.05) is 24.8 Å². The van der Waals surface area contributed by atoms with Gasteiger partial charge in [0.05, 0.1) is 5.88 Å². The summed E-state index contributed by atoms with van der Waals surface area (Å²) in [5.74, 6) is 0.149. The Morgan fingerprint density at radius 3 is 2.43 bits per heavy atom. The van der Waals surface area contributed by atoms with Crippen LogP contribution in [0.2, 0.25) is 0 Å². The van der Waals surface area contributed by atoms with E-state index < -0.39 is 5.24 Å². The van der Waals surface area contributed by atoms with Gasteiger partial charge in [0.2, 0.25) is 22.9 Å². The van der Waals surface area contributed by atoms with Gasteiger partial charge in [-0.25, -0.2) is 4.39 Å². The second-order valence-electron chi connectivity index (χ2n) is 5.76. The monoisotopic (exact) mass is 447 g/mol. The normalized spacial score (nSPS) is 13.5. The number of amides is 1. The molecule has 0 N–H and O–H groups in total. The summed E-state index contributed by atoms with van der Waals surface area (Å²) in [5.41, 5.74) is 1.96. The standard InChI is InChI=1S/C16H15ClFN3O2.C2H2Cl2O/c1-10-19-20-16(23-10)12-2-3-13(14(18)8-12)11-4-6-21(7-5-11)15(22)9-17;3-1-2(4)5/h2-4,8H,5-7,9H2,1H3;1H2. The van der Waals surface area contributed by atoms with Crippen molar-refractivity contribution in [2.45, 2.75) is 13.3 Å². The van der Waals surface area contributed by atoms with E-state index in [0.717, 1.165) is 5.57 Å². The third-order valence-electron chi connectivity index (χ3n) is 3.87. The van der Waals surface area contributed by atoms with E-state index in [1.54, 1.807) is 24.0 Å². The molecule has 1 amide bonds. The molecule has 0 spiro atoms. The molecule has 0 atom stereocenters. The van der Waals surface area contributed by atoms with Crippen LogP contribution in [0, 0.1) is 12.7 Å². The highest BCUT2D eigenvalue weighted by Gasteiger charge is 2.19. The van der Waals surface area contributed by atoms with Crippen LogP contribution in [-0.4, -0.2) is 51.1 Å². The molecule has 0 aliphatic carbocycles. The second-order valence-corrected chi connectivity index (χ2v) is 6.72. The van der Waals surface area contributed by atoms with Crippen LogP contribution in [0.1, 0.15) is 17.9 Å². The summed E-state index contributed by atoms with van der Waals surface area (Å²) >= 11 is 15.1. The first-order valence-corrected chi connectivity index (χ1v) is 9.67. The Kier molecular flexibility index (Phi) is 8.41. The Bertz CT molecular complexity index is 886. The SMILES string of the molecule is Cc1nnc(-c2ccc(C3=CCN(C(=O)CCl)CC3)c(F)c2)o1.O=C(Cl)CCl. The number of hydrogen-bond acceptors (Lipinski definition) is 5. The van der Waals surface area contributed by atoms with Crippen molar-refractivity contribution in [3.05, 3.63) is 41.5 Å². The maximum Gasteiger partial charge on any atom is 0.247 e. The summed E-state index contributed by atoms with van der Waals surface area (Å²) in [7, 11) is 0. The lowest BCUT2D eigenvalue weighted by atomic mass is 9.97. The number of hydrogen-bond donors (Lipinski definition) is 0. The maximum atomic E-state index is 14.4. The lowest BCUT2D eigenvalue weighted by Gasteiger charge is -2.26. The van der Waals surface area contributed by atoms with Crippen molar-refractivity contribution in [1.29, 1.82) is 0 Å². The number of benzene rings is 1. The molecule has 2 aromatic rings. The number of carbonyl (C=O) groups is 2. The number of alkyl halides is 2. The largest absolute Gasteiger partial charge is 0.421 e. The molecule has 1 aliphatic heterocycles. The molecule has 1 aromatic carbocycles. The molecule has 28 heavy (non-hydrogen) atoms. The second kappa shape index (κ2) is 10.5. The topological polar surface area (TPSA) is 76.3 Å². The Morgan fingerprint density at radius 1 is 1.25 bits per heavy atom. The molecule has 3 rings (SSSR count). The van der Waals surface area contributed by atoms with Gasteiger partial charge in [0.1, 0.15) is 11.7 Å². The van der Waals surface area contributed by atoms with E-state index in [2.05, 4.69) is 10.2 Å². The zero-order valence-corrected chi connectivity index (χ0v) is 17.2. The third-order valence-corrected chi connectivity index (χ3v) is 4.61. The molecule has 2 heterocycles. The van der Waals surface area contributed by atoms with Crippen LogP contribution in [-0.2, 0) is 9.59 Å². The number of aryl methyl sites for hydroxylation is 1. The molecule has 0 fully saturated rings. The highest BCUT2D eigenvalue weighted by molar-refractivity contribution is 6.67. The fraction of sp³-hybridized carbons (Fsp3) is 0.333. The molecule has 0 saturated heterocycles. The molecular formula is C18H17Cl3FN3O3. The van der Waals surface area contributed by atoms with Crippen LogP contribution in [0.15, 0.2) is 28.7 Å². The van der Waals surface area contributed by atoms with Crippen molar-refractivity contribution in [1.82, 2.24) is 15.1 Å². The van der Waals surface area contributed by atoms with Gasteiger partial charge in [0, 0.05) is 31.1 Å². The molecule has 1 aromatic heterocycles. The maximum absolute atomic E-state index is 14.4. The lowest BCUT2D eigenvalue weighted by Crippen LogP contribution is -2.35. The summed E-state index contributed by atoms with van der Waals surface area (Å²) in [6.45, 7) is 2.67. The molecule has 0 unspecified atom stereocenters. The van der Waals surface area contributed by atoms with Gasteiger partial charge in [0.15, 0.2) is 0 Å². The Labute approximate surface area is 176 Å². The van der Waals surface area contributed by atoms with Gasteiger partial charge in [-0.1, -0.05) is 12.1 Å². The fourth-order valence-electron chi connectivity index (χ4n) is 2.55. The van der Waals surface area contributed by atoms with Crippen molar-refractivity contribution in [3.8, 4) is 11.5 Å². The van der Waals surface area contributed by atoms with E-state index >= 15 is 0 Å². The van der Waals surface area contributed by atoms with Crippen LogP contribution in [0.3, 0.4) is 0 Å². The van der Waals surface area contributed by atoms with E-state index in [1.807, 2.05) is 6.08 Å². The van der Waals surface area contributed by atoms with Crippen LogP contribution >= 0.6 is 34.8 Å². The summed E-state index contributed by atoms with van der Waals surface area (Å²) < 4.78 is 19.7. The predicted molar refractivity (Wildman–Crippen MR) is 106 cm³/mol. The van der Waals surface area contributed by atoms with Gasteiger partial charge in [-0.2, -0.15) is 0 Å². The quantitative estimate of drug-likeness (QED) is 0.521. The Morgan fingerprint density at radius 2 is 1.96 bits per heavy atom. The Balaban J connectivity index is 0.000000500. The van der Waals surface area contributed by atoms with Crippen molar-refractivity contribution >= 4 is 51.5 Å². The molecule has 0 bridgehead atoms. The van der Waals surface area contributed by atoms with Crippen LogP contribution < -0.4 is 0 Å². The van der Waals surface area contributed by atoms with Crippen molar-refractivity contribution in [3.63, 3.8) is 0 Å². The average molecular weight is 449 g/mol. The highest BCUT2D eigenvalue weighted by atomic mass is 35.5. The lowest BCUT2D eigenvalue weighted by molar-refractivity contribution is -0.128. The van der Waals surface area contributed by atoms with Gasteiger partial charge in [0.25, 0.3) is 0 Å². The smallest absolute Gasteiger partial charge is 0.247 e. The van der Waals surface area contributed by atoms with Gasteiger partial charge in [-0.3, -0.25) is 9.59 Å². The molecule has 150 valence electrons. The summed E-state index contributed by atoms with van der Waals surface area (Å²) in [5, 5.41) is 7.11. The number of carbonyl (C=O) groups excluding carboxylic acids is 2. The van der Waals surface area contributed by atoms with Gasteiger partial charge in [-0.15, -0.1) is 33.4 Å². The molecule has 0 saturated carbocycles. The number of nitrogens with zero attached hydrogens (tertiary/aromatic N) is 3. The first-order valence-electron chi connectivity index (χ1n) is 8.23. The zero-order chi connectivity index (χ0) is 20.7. The molecule has 1 aliphatic rings. The van der Waals surface area contributed by atoms with Crippen LogP contribution in [0.25, 0.3) is 17.0 Å². The van der Waals surface area contributed by atoms with E-state index in [4.69, 9.17) is 39.2 Å². The first kappa shape index (κ1) is 22.3. The highest BCUT2D eigenvalue weighted by Crippen LogP contribution is 2.28. The average Bonchev–Trinajstić information content (AvgIpc) is 3.14. The summed E-state index contributed by atoms with van der Waals surface area (Å²) in [4.78, 5) is 22.7. The predicted octanol–water partition coefficient (Wildman–Crippen LogP) is 4.03.